The van der Waals surface area contributed by atoms with Crippen LogP contribution in [0.15, 0.2) is 16.3 Å². The van der Waals surface area contributed by atoms with E-state index in [2.05, 4.69) is 0 Å². The molecule has 0 unspecified atom stereocenters. The highest BCUT2D eigenvalue weighted by atomic mass is 32.2. The van der Waals surface area contributed by atoms with Crippen LogP contribution in [0.3, 0.4) is 0 Å². The summed E-state index contributed by atoms with van der Waals surface area (Å²) in [6.07, 6.45) is 0. The molecular formula is C8H10N2O2S2. The molecule has 76 valence electrons. The van der Waals surface area contributed by atoms with Gasteiger partial charge in [-0.1, -0.05) is 0 Å². The highest BCUT2D eigenvalue weighted by molar-refractivity contribution is 7.91. The second-order valence-corrected chi connectivity index (χ2v) is 6.34. The van der Waals surface area contributed by atoms with Gasteiger partial charge in [-0.05, 0) is 19.1 Å². The van der Waals surface area contributed by atoms with Crippen molar-refractivity contribution in [3.8, 4) is 6.07 Å². The third-order valence-corrected chi connectivity index (χ3v) is 4.95. The molecule has 1 aromatic rings. The first-order valence-corrected chi connectivity index (χ1v) is 6.14. The number of nitriles is 1. The molecule has 0 amide bonds. The maximum Gasteiger partial charge on any atom is 0.253 e. The summed E-state index contributed by atoms with van der Waals surface area (Å²) in [6, 6.07) is 5.11. The lowest BCUT2D eigenvalue weighted by Gasteiger charge is -2.11. The molecule has 14 heavy (non-hydrogen) atoms. The van der Waals surface area contributed by atoms with Gasteiger partial charge in [0, 0.05) is 11.9 Å². The fourth-order valence-corrected chi connectivity index (χ4v) is 3.45. The van der Waals surface area contributed by atoms with Gasteiger partial charge in [-0.2, -0.15) is 9.57 Å². The third-order valence-electron chi connectivity index (χ3n) is 1.67. The Balaban J connectivity index is 3.03. The van der Waals surface area contributed by atoms with Gasteiger partial charge in [0.15, 0.2) is 0 Å². The van der Waals surface area contributed by atoms with E-state index in [0.29, 0.717) is 0 Å². The molecule has 1 aromatic heterocycles. The van der Waals surface area contributed by atoms with E-state index in [9.17, 15) is 8.42 Å². The van der Waals surface area contributed by atoms with Crippen molar-refractivity contribution in [2.75, 3.05) is 13.6 Å². The Kier molecular flexibility index (Phi) is 3.26. The number of hydrogen-bond donors (Lipinski definition) is 0. The lowest BCUT2D eigenvalue weighted by molar-refractivity contribution is 0.504. The maximum atomic E-state index is 11.7. The predicted molar refractivity (Wildman–Crippen MR) is 54.5 cm³/mol. The van der Waals surface area contributed by atoms with Crippen LogP contribution >= 0.6 is 11.3 Å². The molecule has 0 saturated heterocycles. The summed E-state index contributed by atoms with van der Waals surface area (Å²) in [4.78, 5) is 0.939. The average molecular weight is 230 g/mol. The van der Waals surface area contributed by atoms with E-state index < -0.39 is 10.0 Å². The van der Waals surface area contributed by atoms with Crippen molar-refractivity contribution in [2.45, 2.75) is 11.1 Å². The number of rotatable bonds is 3. The molecule has 1 rings (SSSR count). The second kappa shape index (κ2) is 4.09. The van der Waals surface area contributed by atoms with Crippen molar-refractivity contribution >= 4 is 21.4 Å². The molecule has 0 aliphatic rings. The Morgan fingerprint density at radius 2 is 2.21 bits per heavy atom. The number of sulfonamides is 1. The Bertz CT molecular complexity index is 456. The van der Waals surface area contributed by atoms with Crippen LogP contribution in [0.25, 0.3) is 0 Å². The third kappa shape index (κ3) is 2.12. The minimum atomic E-state index is -3.45. The normalized spacial score (nSPS) is 11.6. The molecule has 0 atom stereocenters. The minimum absolute atomic E-state index is 0.126. The summed E-state index contributed by atoms with van der Waals surface area (Å²) in [6.45, 7) is 1.72. The number of aryl methyl sites for hydroxylation is 1. The zero-order chi connectivity index (χ0) is 10.8. The maximum absolute atomic E-state index is 11.7. The topological polar surface area (TPSA) is 61.2 Å². The zero-order valence-corrected chi connectivity index (χ0v) is 9.52. The van der Waals surface area contributed by atoms with Gasteiger partial charge in [0.1, 0.15) is 10.8 Å². The van der Waals surface area contributed by atoms with E-state index >= 15 is 0 Å². The summed E-state index contributed by atoms with van der Waals surface area (Å²) < 4.78 is 24.8. The fourth-order valence-electron chi connectivity index (χ4n) is 0.889. The van der Waals surface area contributed by atoms with Crippen molar-refractivity contribution in [3.05, 3.63) is 17.0 Å². The fraction of sp³-hybridized carbons (Fsp3) is 0.375. The van der Waals surface area contributed by atoms with E-state index in [1.54, 1.807) is 18.2 Å². The van der Waals surface area contributed by atoms with Crippen LogP contribution in [0.2, 0.25) is 0 Å². The smallest absolute Gasteiger partial charge is 0.206 e. The molecule has 0 saturated carbocycles. The lowest BCUT2D eigenvalue weighted by atomic mass is 10.5. The van der Waals surface area contributed by atoms with Gasteiger partial charge in [0.2, 0.25) is 0 Å². The standard InChI is InChI=1S/C8H10N2O2S2/c1-7-3-4-8(13-7)14(11,12)10(2)6-5-9/h3-4H,6H2,1-2H3. The molecule has 0 aliphatic carbocycles. The van der Waals surface area contributed by atoms with Gasteiger partial charge in [0.25, 0.3) is 10.0 Å². The van der Waals surface area contributed by atoms with Crippen LogP contribution in [0, 0.1) is 18.3 Å². The van der Waals surface area contributed by atoms with Crippen LogP contribution in [-0.2, 0) is 10.0 Å². The first kappa shape index (κ1) is 11.2. The van der Waals surface area contributed by atoms with Gasteiger partial charge in [-0.25, -0.2) is 8.42 Å². The number of hydrogen-bond acceptors (Lipinski definition) is 4. The molecule has 6 heteroatoms. The molecule has 0 bridgehead atoms. The molecule has 0 N–H and O–H groups in total. The van der Waals surface area contributed by atoms with Gasteiger partial charge < -0.3 is 0 Å². The molecule has 4 nitrogen and oxygen atoms in total. The number of thiophene rings is 1. The Morgan fingerprint density at radius 1 is 1.57 bits per heavy atom. The minimum Gasteiger partial charge on any atom is -0.206 e. The SMILES string of the molecule is Cc1ccc(S(=O)(=O)N(C)CC#N)s1. The van der Waals surface area contributed by atoms with Crippen molar-refractivity contribution in [1.29, 1.82) is 5.26 Å². The average Bonchev–Trinajstić information content (AvgIpc) is 2.52. The second-order valence-electron chi connectivity index (χ2n) is 2.78. The summed E-state index contributed by atoms with van der Waals surface area (Å²) in [5.41, 5.74) is 0. The molecule has 0 aliphatic heterocycles. The van der Waals surface area contributed by atoms with Gasteiger partial charge in [-0.3, -0.25) is 0 Å². The van der Waals surface area contributed by atoms with Crippen LogP contribution in [0.5, 0.6) is 0 Å². The molecule has 1 heterocycles. The Hall–Kier alpha value is -0.900. The summed E-state index contributed by atoms with van der Waals surface area (Å²) >= 11 is 1.21. The molecule has 0 aromatic carbocycles. The van der Waals surface area contributed by atoms with Crippen LogP contribution in [-0.4, -0.2) is 26.3 Å². The van der Waals surface area contributed by atoms with E-state index in [1.807, 2.05) is 6.92 Å². The first-order chi connectivity index (χ1) is 6.48. The van der Waals surface area contributed by atoms with Gasteiger partial charge in [-0.15, -0.1) is 11.3 Å². The number of nitrogens with zero attached hydrogens (tertiary/aromatic N) is 2. The predicted octanol–water partition coefficient (Wildman–Crippen LogP) is 1.20. The summed E-state index contributed by atoms with van der Waals surface area (Å²) in [7, 11) is -2.05. The van der Waals surface area contributed by atoms with E-state index in [1.165, 1.54) is 18.4 Å². The lowest BCUT2D eigenvalue weighted by Crippen LogP contribution is -2.26. The van der Waals surface area contributed by atoms with Gasteiger partial charge in [0.05, 0.1) is 6.07 Å². The highest BCUT2D eigenvalue weighted by Crippen LogP contribution is 2.23. The summed E-state index contributed by atoms with van der Waals surface area (Å²) in [5.74, 6) is 0. The molecule has 0 radical (unpaired) electrons. The van der Waals surface area contributed by atoms with Crippen molar-refractivity contribution in [1.82, 2.24) is 4.31 Å². The van der Waals surface area contributed by atoms with Crippen molar-refractivity contribution < 1.29 is 8.42 Å². The molecular weight excluding hydrogens is 220 g/mol. The zero-order valence-electron chi connectivity index (χ0n) is 7.89. The van der Waals surface area contributed by atoms with Gasteiger partial charge >= 0.3 is 0 Å². The van der Waals surface area contributed by atoms with Crippen LogP contribution in [0.4, 0.5) is 0 Å². The van der Waals surface area contributed by atoms with Crippen LogP contribution in [0.1, 0.15) is 4.88 Å². The molecule has 0 fully saturated rings. The Labute approximate surface area is 87.4 Å². The van der Waals surface area contributed by atoms with Crippen molar-refractivity contribution in [3.63, 3.8) is 0 Å². The largest absolute Gasteiger partial charge is 0.253 e. The van der Waals surface area contributed by atoms with Crippen molar-refractivity contribution in [2.24, 2.45) is 0 Å². The monoisotopic (exact) mass is 230 g/mol. The van der Waals surface area contributed by atoms with E-state index in [0.717, 1.165) is 9.18 Å². The first-order valence-electron chi connectivity index (χ1n) is 3.88. The van der Waals surface area contributed by atoms with E-state index in [-0.39, 0.29) is 10.8 Å². The summed E-state index contributed by atoms with van der Waals surface area (Å²) in [5, 5.41) is 8.40. The quantitative estimate of drug-likeness (QED) is 0.733. The van der Waals surface area contributed by atoms with Crippen LogP contribution < -0.4 is 0 Å². The highest BCUT2D eigenvalue weighted by Gasteiger charge is 2.21. The Morgan fingerprint density at radius 3 is 2.64 bits per heavy atom. The molecule has 0 spiro atoms. The van der Waals surface area contributed by atoms with E-state index in [4.69, 9.17) is 5.26 Å².